The number of carbonyl (C=O) groups is 1. The fourth-order valence-corrected chi connectivity index (χ4v) is 2.93. The van der Waals surface area contributed by atoms with Crippen LogP contribution in [0, 0.1) is 0 Å². The molecular formula is C18H21F3N4O3. The van der Waals surface area contributed by atoms with Crippen molar-refractivity contribution >= 4 is 5.91 Å². The molecule has 2 aromatic rings. The van der Waals surface area contributed by atoms with E-state index in [1.807, 2.05) is 13.8 Å². The maximum absolute atomic E-state index is 12.7. The molecule has 0 aromatic carbocycles. The van der Waals surface area contributed by atoms with Crippen LogP contribution in [0.1, 0.15) is 60.6 Å². The molecule has 1 aliphatic rings. The summed E-state index contributed by atoms with van der Waals surface area (Å²) >= 11 is 0. The fourth-order valence-electron chi connectivity index (χ4n) is 2.93. The molecule has 0 spiro atoms. The number of nitrogens with zero attached hydrogens (tertiary/aromatic N) is 3. The van der Waals surface area contributed by atoms with Crippen molar-refractivity contribution in [3.8, 4) is 5.82 Å². The van der Waals surface area contributed by atoms with Gasteiger partial charge in [0.25, 0.3) is 5.91 Å². The van der Waals surface area contributed by atoms with E-state index in [2.05, 4.69) is 15.6 Å². The van der Waals surface area contributed by atoms with Gasteiger partial charge in [0.1, 0.15) is 0 Å². The van der Waals surface area contributed by atoms with Gasteiger partial charge < -0.3 is 4.74 Å². The third kappa shape index (κ3) is 4.50. The molecule has 3 rings (SSSR count). The maximum atomic E-state index is 12.7. The van der Waals surface area contributed by atoms with Gasteiger partial charge in [0, 0.05) is 19.2 Å². The van der Waals surface area contributed by atoms with Crippen LogP contribution in [-0.4, -0.2) is 33.6 Å². The number of alkyl halides is 3. The molecule has 0 bridgehead atoms. The summed E-state index contributed by atoms with van der Waals surface area (Å²) in [7, 11) is 0. The highest BCUT2D eigenvalue weighted by Crippen LogP contribution is 2.29. The molecule has 1 atom stereocenters. The molecule has 1 saturated heterocycles. The summed E-state index contributed by atoms with van der Waals surface area (Å²) in [5.74, 6) is -0.457. The molecule has 10 heteroatoms. The predicted molar refractivity (Wildman–Crippen MR) is 92.6 cm³/mol. The van der Waals surface area contributed by atoms with Gasteiger partial charge in [-0.25, -0.2) is 20.0 Å². The first-order chi connectivity index (χ1) is 13.3. The molecule has 0 unspecified atom stereocenters. The van der Waals surface area contributed by atoms with Crippen LogP contribution in [0.2, 0.25) is 0 Å². The molecule has 3 heterocycles. The highest BCUT2D eigenvalue weighted by Gasteiger charge is 2.31. The Morgan fingerprint density at radius 2 is 2.11 bits per heavy atom. The second kappa shape index (κ2) is 8.27. The zero-order valence-corrected chi connectivity index (χ0v) is 15.5. The van der Waals surface area contributed by atoms with Crippen molar-refractivity contribution in [3.05, 3.63) is 41.3 Å². The van der Waals surface area contributed by atoms with Crippen LogP contribution in [0.5, 0.6) is 0 Å². The number of carbonyl (C=O) groups excluding carboxylic acids is 1. The molecule has 1 fully saturated rings. The number of pyridine rings is 1. The molecule has 152 valence electrons. The second-order valence-electron chi connectivity index (χ2n) is 6.76. The van der Waals surface area contributed by atoms with Crippen LogP contribution in [0.15, 0.2) is 24.5 Å². The molecule has 1 amide bonds. The van der Waals surface area contributed by atoms with Gasteiger partial charge >= 0.3 is 6.18 Å². The number of hydroxylamine groups is 1. The summed E-state index contributed by atoms with van der Waals surface area (Å²) < 4.78 is 45.0. The van der Waals surface area contributed by atoms with Crippen molar-refractivity contribution in [3.63, 3.8) is 0 Å². The zero-order valence-electron chi connectivity index (χ0n) is 15.5. The molecule has 7 nitrogen and oxygen atoms in total. The highest BCUT2D eigenvalue weighted by molar-refractivity contribution is 5.94. The van der Waals surface area contributed by atoms with Gasteiger partial charge in [-0.1, -0.05) is 13.8 Å². The van der Waals surface area contributed by atoms with Crippen LogP contribution < -0.4 is 5.48 Å². The van der Waals surface area contributed by atoms with E-state index < -0.39 is 23.9 Å². The highest BCUT2D eigenvalue weighted by atomic mass is 19.4. The minimum Gasteiger partial charge on any atom is -0.350 e. The molecule has 0 radical (unpaired) electrons. The number of hydrogen-bond donors (Lipinski definition) is 1. The first-order valence-electron chi connectivity index (χ1n) is 8.96. The Kier molecular flexibility index (Phi) is 5.99. The molecule has 1 N–H and O–H groups in total. The largest absolute Gasteiger partial charge is 0.417 e. The lowest BCUT2D eigenvalue weighted by molar-refractivity contribution is -0.186. The number of nitrogens with one attached hydrogen (secondary N) is 1. The van der Waals surface area contributed by atoms with E-state index in [4.69, 9.17) is 9.57 Å². The van der Waals surface area contributed by atoms with Crippen molar-refractivity contribution < 1.29 is 27.5 Å². The van der Waals surface area contributed by atoms with Gasteiger partial charge in [-0.2, -0.15) is 18.3 Å². The number of aromatic nitrogens is 3. The molecule has 0 saturated carbocycles. The summed E-state index contributed by atoms with van der Waals surface area (Å²) in [5.41, 5.74) is 2.29. The van der Waals surface area contributed by atoms with Crippen molar-refractivity contribution in [1.29, 1.82) is 0 Å². The molecular weight excluding hydrogens is 377 g/mol. The van der Waals surface area contributed by atoms with Gasteiger partial charge in [0.05, 0.1) is 23.0 Å². The lowest BCUT2D eigenvalue weighted by atomic mass is 10.1. The van der Waals surface area contributed by atoms with Crippen molar-refractivity contribution in [2.45, 2.75) is 51.5 Å². The normalized spacial score (nSPS) is 17.7. The van der Waals surface area contributed by atoms with E-state index >= 15 is 0 Å². The summed E-state index contributed by atoms with van der Waals surface area (Å²) in [6.07, 6.45) is -0.286. The van der Waals surface area contributed by atoms with Crippen LogP contribution in [0.4, 0.5) is 13.2 Å². The Morgan fingerprint density at radius 1 is 1.32 bits per heavy atom. The van der Waals surface area contributed by atoms with Gasteiger partial charge in [-0.15, -0.1) is 0 Å². The Labute approximate surface area is 159 Å². The van der Waals surface area contributed by atoms with E-state index in [1.165, 1.54) is 16.9 Å². The van der Waals surface area contributed by atoms with Crippen LogP contribution in [0.3, 0.4) is 0 Å². The van der Waals surface area contributed by atoms with Crippen molar-refractivity contribution in [1.82, 2.24) is 20.2 Å². The van der Waals surface area contributed by atoms with E-state index in [9.17, 15) is 18.0 Å². The number of rotatable bonds is 5. The first kappa shape index (κ1) is 20.3. The summed E-state index contributed by atoms with van der Waals surface area (Å²) in [4.78, 5) is 21.7. The SMILES string of the molecule is CC(C)c1c(C(=O)NO[C@H]2CCCCO2)cnn1-c1ccc(C(F)(F)F)cn1. The lowest BCUT2D eigenvalue weighted by Gasteiger charge is -2.22. The van der Waals surface area contributed by atoms with Crippen LogP contribution in [-0.2, 0) is 15.8 Å². The topological polar surface area (TPSA) is 78.3 Å². The van der Waals surface area contributed by atoms with E-state index in [0.717, 1.165) is 25.1 Å². The summed E-state index contributed by atoms with van der Waals surface area (Å²) in [6, 6.07) is 2.15. The Hall–Kier alpha value is -2.46. The number of hydrogen-bond acceptors (Lipinski definition) is 5. The van der Waals surface area contributed by atoms with Crippen LogP contribution in [0.25, 0.3) is 5.82 Å². The summed E-state index contributed by atoms with van der Waals surface area (Å²) in [6.45, 7) is 4.27. The standard InChI is InChI=1S/C18H21F3N4O3/c1-11(2)16-13(17(26)24-28-15-5-3-4-8-27-15)10-23-25(16)14-7-6-12(9-22-14)18(19,20)21/h6-7,9-11,15H,3-5,8H2,1-2H3,(H,24,26)/t15-/m0/s1. The third-order valence-electron chi connectivity index (χ3n) is 4.31. The second-order valence-corrected chi connectivity index (χ2v) is 6.76. The first-order valence-corrected chi connectivity index (χ1v) is 8.96. The van der Waals surface area contributed by atoms with Gasteiger partial charge in [-0.3, -0.25) is 4.79 Å². The predicted octanol–water partition coefficient (Wildman–Crippen LogP) is 3.60. The minimum atomic E-state index is -4.47. The molecule has 2 aromatic heterocycles. The zero-order chi connectivity index (χ0) is 20.3. The average molecular weight is 398 g/mol. The Bertz CT molecular complexity index is 812. The van der Waals surface area contributed by atoms with Gasteiger partial charge in [-0.05, 0) is 30.9 Å². The van der Waals surface area contributed by atoms with Crippen molar-refractivity contribution in [2.75, 3.05) is 6.61 Å². The smallest absolute Gasteiger partial charge is 0.350 e. The quantitative estimate of drug-likeness (QED) is 0.779. The average Bonchev–Trinajstić information content (AvgIpc) is 3.12. The Balaban J connectivity index is 1.80. The minimum absolute atomic E-state index is 0.140. The molecule has 1 aliphatic heterocycles. The monoisotopic (exact) mass is 398 g/mol. The molecule has 28 heavy (non-hydrogen) atoms. The van der Waals surface area contributed by atoms with Crippen LogP contribution >= 0.6 is 0 Å². The lowest BCUT2D eigenvalue weighted by Crippen LogP contribution is -2.33. The van der Waals surface area contributed by atoms with E-state index in [0.29, 0.717) is 18.7 Å². The number of ether oxygens (including phenoxy) is 1. The number of amides is 1. The Morgan fingerprint density at radius 3 is 2.68 bits per heavy atom. The van der Waals surface area contributed by atoms with E-state index in [1.54, 1.807) is 0 Å². The maximum Gasteiger partial charge on any atom is 0.417 e. The van der Waals surface area contributed by atoms with Gasteiger partial charge in [0.2, 0.25) is 0 Å². The summed E-state index contributed by atoms with van der Waals surface area (Å²) in [5, 5.41) is 4.14. The van der Waals surface area contributed by atoms with E-state index in [-0.39, 0.29) is 17.3 Å². The number of halogens is 3. The fraction of sp³-hybridized carbons (Fsp3) is 0.500. The molecule has 0 aliphatic carbocycles. The third-order valence-corrected chi connectivity index (χ3v) is 4.31. The van der Waals surface area contributed by atoms with Gasteiger partial charge in [0.15, 0.2) is 12.1 Å². The van der Waals surface area contributed by atoms with Crippen molar-refractivity contribution in [2.24, 2.45) is 0 Å².